The Kier molecular flexibility index (Phi) is 4.15. The molecule has 3 unspecified atom stereocenters. The van der Waals surface area contributed by atoms with Crippen molar-refractivity contribution in [3.05, 3.63) is 35.4 Å². The maximum atomic E-state index is 6.14. The summed E-state index contributed by atoms with van der Waals surface area (Å²) in [6, 6.07) is 9.06. The minimum Gasteiger partial charge on any atom is -0.384 e. The van der Waals surface area contributed by atoms with E-state index in [2.05, 4.69) is 36.5 Å². The lowest BCUT2D eigenvalue weighted by atomic mass is 10.1. The van der Waals surface area contributed by atoms with Crippen LogP contribution in [0.25, 0.3) is 0 Å². The minimum absolute atomic E-state index is 0.182. The highest BCUT2D eigenvalue weighted by Crippen LogP contribution is 2.36. The Hall–Kier alpha value is -0.900. The van der Waals surface area contributed by atoms with Crippen molar-refractivity contribution in [2.24, 2.45) is 11.7 Å². The first-order valence-electron chi connectivity index (χ1n) is 6.29. The highest BCUT2D eigenvalue weighted by Gasteiger charge is 2.27. The number of nitrogens with two attached hydrogens (primary N) is 1. The number of nitrogens with one attached hydrogen (secondary N) is 1. The van der Waals surface area contributed by atoms with E-state index in [1.165, 1.54) is 11.1 Å². The molecule has 0 bridgehead atoms. The summed E-state index contributed by atoms with van der Waals surface area (Å²) in [5, 5.41) is 3.59. The fourth-order valence-corrected chi connectivity index (χ4v) is 2.55. The van der Waals surface area contributed by atoms with Crippen LogP contribution in [0, 0.1) is 5.92 Å². The quantitative estimate of drug-likeness (QED) is 0.819. The fraction of sp³-hybridized carbons (Fsp3) is 0.571. The van der Waals surface area contributed by atoms with Crippen molar-refractivity contribution in [1.82, 2.24) is 5.32 Å². The van der Waals surface area contributed by atoms with Crippen LogP contribution in [0.3, 0.4) is 0 Å². The Balaban J connectivity index is 1.96. The average molecular weight is 234 g/mol. The molecular weight excluding hydrogens is 212 g/mol. The molecule has 1 aromatic carbocycles. The maximum absolute atomic E-state index is 6.14. The van der Waals surface area contributed by atoms with Crippen molar-refractivity contribution < 1.29 is 4.74 Å². The van der Waals surface area contributed by atoms with E-state index in [0.717, 1.165) is 19.6 Å². The van der Waals surface area contributed by atoms with Gasteiger partial charge in [-0.25, -0.2) is 0 Å². The lowest BCUT2D eigenvalue weighted by Crippen LogP contribution is -2.27. The van der Waals surface area contributed by atoms with Crippen LogP contribution in [0.15, 0.2) is 24.3 Å². The molecular formula is C14H22N2O. The van der Waals surface area contributed by atoms with Gasteiger partial charge in [0.05, 0.1) is 0 Å². The van der Waals surface area contributed by atoms with Gasteiger partial charge in [-0.3, -0.25) is 0 Å². The van der Waals surface area contributed by atoms with Crippen LogP contribution < -0.4 is 11.1 Å². The Morgan fingerprint density at radius 2 is 2.12 bits per heavy atom. The minimum atomic E-state index is 0.182. The predicted octanol–water partition coefficient (Wildman–Crippen LogP) is 2.00. The van der Waals surface area contributed by atoms with Gasteiger partial charge in [0.15, 0.2) is 0 Å². The smallest absolute Gasteiger partial charge is 0.0499 e. The average Bonchev–Trinajstić information content (AvgIpc) is 2.65. The molecule has 3 atom stereocenters. The summed E-state index contributed by atoms with van der Waals surface area (Å²) in [5.41, 5.74) is 8.80. The molecule has 0 radical (unpaired) electrons. The van der Waals surface area contributed by atoms with Gasteiger partial charge in [-0.15, -0.1) is 0 Å². The van der Waals surface area contributed by atoms with Gasteiger partial charge in [-0.2, -0.15) is 0 Å². The van der Waals surface area contributed by atoms with Gasteiger partial charge in [0.2, 0.25) is 0 Å². The summed E-state index contributed by atoms with van der Waals surface area (Å²) in [6.07, 6.45) is 0.999. The third kappa shape index (κ3) is 2.86. The Morgan fingerprint density at radius 3 is 2.82 bits per heavy atom. The van der Waals surface area contributed by atoms with Gasteiger partial charge < -0.3 is 15.8 Å². The topological polar surface area (TPSA) is 47.3 Å². The SMILES string of the molecule is COCC(C)CNC1CC(N)c2ccccc21. The van der Waals surface area contributed by atoms with E-state index in [-0.39, 0.29) is 6.04 Å². The molecule has 0 fully saturated rings. The molecule has 94 valence electrons. The molecule has 2 rings (SSSR count). The molecule has 1 aliphatic carbocycles. The summed E-state index contributed by atoms with van der Waals surface area (Å²) >= 11 is 0. The number of methoxy groups -OCH3 is 1. The van der Waals surface area contributed by atoms with Crippen molar-refractivity contribution in [2.45, 2.75) is 25.4 Å². The summed E-state index contributed by atoms with van der Waals surface area (Å²) in [7, 11) is 1.75. The molecule has 1 aromatic rings. The summed E-state index contributed by atoms with van der Waals surface area (Å²) in [5.74, 6) is 0.531. The molecule has 0 amide bonds. The molecule has 0 aliphatic heterocycles. The van der Waals surface area contributed by atoms with Crippen LogP contribution in [-0.2, 0) is 4.74 Å². The number of hydrogen-bond donors (Lipinski definition) is 2. The van der Waals surface area contributed by atoms with E-state index in [0.29, 0.717) is 12.0 Å². The van der Waals surface area contributed by atoms with Crippen LogP contribution in [0.2, 0.25) is 0 Å². The van der Waals surface area contributed by atoms with Gasteiger partial charge >= 0.3 is 0 Å². The van der Waals surface area contributed by atoms with Crippen LogP contribution in [0.4, 0.5) is 0 Å². The van der Waals surface area contributed by atoms with Crippen LogP contribution >= 0.6 is 0 Å². The Bertz CT molecular complexity index is 367. The molecule has 3 nitrogen and oxygen atoms in total. The zero-order chi connectivity index (χ0) is 12.3. The number of rotatable bonds is 5. The molecule has 0 saturated heterocycles. The Labute approximate surface area is 103 Å². The monoisotopic (exact) mass is 234 g/mol. The highest BCUT2D eigenvalue weighted by molar-refractivity contribution is 5.37. The molecule has 0 spiro atoms. The molecule has 0 aromatic heterocycles. The van der Waals surface area contributed by atoms with Crippen molar-refractivity contribution in [3.63, 3.8) is 0 Å². The van der Waals surface area contributed by atoms with E-state index in [4.69, 9.17) is 10.5 Å². The van der Waals surface area contributed by atoms with Crippen molar-refractivity contribution in [3.8, 4) is 0 Å². The van der Waals surface area contributed by atoms with Gasteiger partial charge in [0, 0.05) is 32.3 Å². The molecule has 0 saturated carbocycles. The van der Waals surface area contributed by atoms with Crippen LogP contribution in [0.5, 0.6) is 0 Å². The van der Waals surface area contributed by atoms with E-state index in [1.54, 1.807) is 7.11 Å². The summed E-state index contributed by atoms with van der Waals surface area (Å²) in [4.78, 5) is 0. The number of fused-ring (bicyclic) bond motifs is 1. The van der Waals surface area contributed by atoms with Crippen LogP contribution in [-0.4, -0.2) is 20.3 Å². The second-order valence-corrected chi connectivity index (χ2v) is 4.99. The third-order valence-corrected chi connectivity index (χ3v) is 3.42. The first-order chi connectivity index (χ1) is 8.22. The van der Waals surface area contributed by atoms with E-state index >= 15 is 0 Å². The summed E-state index contributed by atoms with van der Waals surface area (Å²) < 4.78 is 5.14. The lowest BCUT2D eigenvalue weighted by Gasteiger charge is -2.17. The van der Waals surface area contributed by atoms with Gasteiger partial charge in [-0.05, 0) is 23.5 Å². The van der Waals surface area contributed by atoms with Crippen molar-refractivity contribution in [1.29, 1.82) is 0 Å². The third-order valence-electron chi connectivity index (χ3n) is 3.42. The second-order valence-electron chi connectivity index (χ2n) is 4.99. The highest BCUT2D eigenvalue weighted by atomic mass is 16.5. The first kappa shape index (κ1) is 12.6. The molecule has 0 heterocycles. The first-order valence-corrected chi connectivity index (χ1v) is 6.29. The molecule has 3 heteroatoms. The largest absolute Gasteiger partial charge is 0.384 e. The summed E-state index contributed by atoms with van der Waals surface area (Å²) in [6.45, 7) is 3.96. The molecule has 1 aliphatic rings. The van der Waals surface area contributed by atoms with Crippen LogP contribution in [0.1, 0.15) is 36.6 Å². The zero-order valence-corrected chi connectivity index (χ0v) is 10.6. The molecule has 3 N–H and O–H groups in total. The standard InChI is InChI=1S/C14H22N2O/c1-10(9-17-2)8-16-14-7-13(15)11-5-3-4-6-12(11)14/h3-6,10,13-14,16H,7-9,15H2,1-2H3. The maximum Gasteiger partial charge on any atom is 0.0499 e. The van der Waals surface area contributed by atoms with Gasteiger partial charge in [0.1, 0.15) is 0 Å². The second kappa shape index (κ2) is 5.63. The Morgan fingerprint density at radius 1 is 1.41 bits per heavy atom. The van der Waals surface area contributed by atoms with Crippen molar-refractivity contribution >= 4 is 0 Å². The fourth-order valence-electron chi connectivity index (χ4n) is 2.55. The zero-order valence-electron chi connectivity index (χ0n) is 10.6. The van der Waals surface area contributed by atoms with Crippen molar-refractivity contribution in [2.75, 3.05) is 20.3 Å². The van der Waals surface area contributed by atoms with E-state index in [1.807, 2.05) is 0 Å². The molecule has 17 heavy (non-hydrogen) atoms. The predicted molar refractivity (Wildman–Crippen MR) is 69.8 cm³/mol. The number of hydrogen-bond acceptors (Lipinski definition) is 3. The number of benzene rings is 1. The van der Waals surface area contributed by atoms with Gasteiger partial charge in [-0.1, -0.05) is 31.2 Å². The lowest BCUT2D eigenvalue weighted by molar-refractivity contribution is 0.156. The number of ether oxygens (including phenoxy) is 1. The normalized spacial score (nSPS) is 24.6. The van der Waals surface area contributed by atoms with E-state index < -0.39 is 0 Å². The van der Waals surface area contributed by atoms with Gasteiger partial charge in [0.25, 0.3) is 0 Å². The van der Waals surface area contributed by atoms with E-state index in [9.17, 15) is 0 Å².